The van der Waals surface area contributed by atoms with Gasteiger partial charge in [-0.2, -0.15) is 0 Å². The quantitative estimate of drug-likeness (QED) is 0.414. The van der Waals surface area contributed by atoms with Gasteiger partial charge in [0.2, 0.25) is 0 Å². The first-order valence-corrected chi connectivity index (χ1v) is 9.78. The van der Waals surface area contributed by atoms with Crippen LogP contribution in [0.2, 0.25) is 5.02 Å². The molecule has 0 unspecified atom stereocenters. The lowest BCUT2D eigenvalue weighted by atomic mass is 10.0. The summed E-state index contributed by atoms with van der Waals surface area (Å²) in [6, 6.07) is 20.7. The molecule has 0 heterocycles. The van der Waals surface area contributed by atoms with Crippen molar-refractivity contribution in [2.75, 3.05) is 16.9 Å². The molecule has 4 nitrogen and oxygen atoms in total. The van der Waals surface area contributed by atoms with Gasteiger partial charge in [0.05, 0.1) is 5.69 Å². The van der Waals surface area contributed by atoms with Crippen molar-refractivity contribution in [3.63, 3.8) is 0 Å². The number of urea groups is 1. The van der Waals surface area contributed by atoms with Crippen molar-refractivity contribution < 1.29 is 9.59 Å². The van der Waals surface area contributed by atoms with Crippen molar-refractivity contribution in [1.29, 1.82) is 0 Å². The Morgan fingerprint density at radius 2 is 1.59 bits per heavy atom. The largest absolute Gasteiger partial charge is 0.323 e. The van der Waals surface area contributed by atoms with Crippen LogP contribution in [0.25, 0.3) is 0 Å². The van der Waals surface area contributed by atoms with Gasteiger partial charge in [-0.1, -0.05) is 41.9 Å². The lowest BCUT2D eigenvalue weighted by Crippen LogP contribution is -2.21. The highest BCUT2D eigenvalue weighted by molar-refractivity contribution is 7.98. The fraction of sp³-hybridized carbons (Fsp3) is 0.0476. The van der Waals surface area contributed by atoms with Crippen molar-refractivity contribution in [2.24, 2.45) is 0 Å². The predicted octanol–water partition coefficient (Wildman–Crippen LogP) is 5.94. The summed E-state index contributed by atoms with van der Waals surface area (Å²) in [4.78, 5) is 26.3. The van der Waals surface area contributed by atoms with Gasteiger partial charge in [0.25, 0.3) is 0 Å². The van der Waals surface area contributed by atoms with Crippen molar-refractivity contribution in [3.05, 3.63) is 88.9 Å². The van der Waals surface area contributed by atoms with Crippen LogP contribution < -0.4 is 10.6 Å². The van der Waals surface area contributed by atoms with Crippen LogP contribution >= 0.6 is 23.4 Å². The van der Waals surface area contributed by atoms with Gasteiger partial charge in [-0.05, 0) is 48.7 Å². The number of halogens is 1. The molecule has 0 aliphatic heterocycles. The maximum Gasteiger partial charge on any atom is 0.323 e. The van der Waals surface area contributed by atoms with Gasteiger partial charge in [-0.3, -0.25) is 4.79 Å². The number of amides is 2. The third kappa shape index (κ3) is 4.90. The second-order valence-corrected chi connectivity index (χ2v) is 7.01. The summed E-state index contributed by atoms with van der Waals surface area (Å²) in [5.74, 6) is -0.210. The minimum Gasteiger partial charge on any atom is -0.308 e. The molecule has 0 saturated carbocycles. The van der Waals surface area contributed by atoms with E-state index >= 15 is 0 Å². The van der Waals surface area contributed by atoms with Crippen LogP contribution in [0.15, 0.2) is 77.7 Å². The molecule has 0 fully saturated rings. The first kappa shape index (κ1) is 19.0. The second kappa shape index (κ2) is 8.75. The van der Waals surface area contributed by atoms with Crippen LogP contribution in [-0.4, -0.2) is 18.1 Å². The van der Waals surface area contributed by atoms with E-state index in [1.807, 2.05) is 36.6 Å². The third-order valence-electron chi connectivity index (χ3n) is 3.86. The molecule has 3 aromatic carbocycles. The molecule has 136 valence electrons. The van der Waals surface area contributed by atoms with E-state index in [0.717, 1.165) is 4.90 Å². The molecule has 6 heteroatoms. The lowest BCUT2D eigenvalue weighted by Gasteiger charge is -2.12. The molecule has 0 radical (unpaired) electrons. The Labute approximate surface area is 166 Å². The van der Waals surface area contributed by atoms with Crippen molar-refractivity contribution in [1.82, 2.24) is 0 Å². The van der Waals surface area contributed by atoms with E-state index in [-0.39, 0.29) is 5.78 Å². The number of hydrogen-bond acceptors (Lipinski definition) is 3. The van der Waals surface area contributed by atoms with Gasteiger partial charge in [0.1, 0.15) is 0 Å². The molecule has 3 aromatic rings. The molecule has 0 atom stereocenters. The lowest BCUT2D eigenvalue weighted by molar-refractivity contribution is 0.103. The zero-order valence-corrected chi connectivity index (χ0v) is 16.1. The number of thioether (sulfide) groups is 1. The minimum atomic E-state index is -0.434. The third-order valence-corrected chi connectivity index (χ3v) is 4.84. The molecule has 2 amide bonds. The number of rotatable bonds is 5. The van der Waals surface area contributed by atoms with Crippen molar-refractivity contribution in [3.8, 4) is 0 Å². The van der Waals surface area contributed by atoms with E-state index in [1.54, 1.807) is 54.2 Å². The van der Waals surface area contributed by atoms with Gasteiger partial charge < -0.3 is 10.6 Å². The number of carbonyl (C=O) groups is 2. The highest BCUT2D eigenvalue weighted by atomic mass is 35.5. The van der Waals surface area contributed by atoms with Gasteiger partial charge in [0, 0.05) is 26.7 Å². The Bertz CT molecular complexity index is 960. The second-order valence-electron chi connectivity index (χ2n) is 5.69. The van der Waals surface area contributed by atoms with E-state index in [2.05, 4.69) is 10.6 Å². The topological polar surface area (TPSA) is 58.2 Å². The SMILES string of the molecule is CSc1ccc(NC(=O)Nc2ccc(Cl)cc2C(=O)c2ccccc2)cc1. The molecule has 27 heavy (non-hydrogen) atoms. The number of hydrogen-bond donors (Lipinski definition) is 2. The monoisotopic (exact) mass is 396 g/mol. The Morgan fingerprint density at radius 3 is 2.26 bits per heavy atom. The predicted molar refractivity (Wildman–Crippen MR) is 112 cm³/mol. The summed E-state index contributed by atoms with van der Waals surface area (Å²) >= 11 is 7.69. The summed E-state index contributed by atoms with van der Waals surface area (Å²) in [6.07, 6.45) is 1.99. The fourth-order valence-corrected chi connectivity index (χ4v) is 3.10. The molecule has 0 aromatic heterocycles. The smallest absolute Gasteiger partial charge is 0.308 e. The van der Waals surface area contributed by atoms with E-state index in [1.165, 1.54) is 0 Å². The molecule has 3 rings (SSSR count). The molecule has 0 spiro atoms. The van der Waals surface area contributed by atoms with Gasteiger partial charge in [-0.15, -0.1) is 11.8 Å². The summed E-state index contributed by atoms with van der Waals surface area (Å²) in [5.41, 5.74) is 1.92. The normalized spacial score (nSPS) is 10.3. The van der Waals surface area contributed by atoms with E-state index in [4.69, 9.17) is 11.6 Å². The van der Waals surface area contributed by atoms with Crippen molar-refractivity contribution in [2.45, 2.75) is 4.90 Å². The van der Waals surface area contributed by atoms with Gasteiger partial charge >= 0.3 is 6.03 Å². The standard InChI is InChI=1S/C21H17ClN2O2S/c1-27-17-10-8-16(9-11-17)23-21(26)24-19-12-7-15(22)13-18(19)20(25)14-5-3-2-4-6-14/h2-13H,1H3,(H2,23,24,26). The summed E-state index contributed by atoms with van der Waals surface area (Å²) in [7, 11) is 0. The maximum absolute atomic E-state index is 12.8. The number of ketones is 1. The molecule has 0 bridgehead atoms. The van der Waals surface area contributed by atoms with Crippen molar-refractivity contribution >= 4 is 46.6 Å². The molecule has 2 N–H and O–H groups in total. The van der Waals surface area contributed by atoms with E-state index in [9.17, 15) is 9.59 Å². The summed E-state index contributed by atoms with van der Waals surface area (Å²) in [5, 5.41) is 5.91. The molecular formula is C21H17ClN2O2S. The first-order chi connectivity index (χ1) is 13.1. The molecular weight excluding hydrogens is 380 g/mol. The Kier molecular flexibility index (Phi) is 6.16. The average Bonchev–Trinajstić information content (AvgIpc) is 2.70. The van der Waals surface area contributed by atoms with Crippen LogP contribution in [0.5, 0.6) is 0 Å². The number of carbonyl (C=O) groups excluding carboxylic acids is 2. The Morgan fingerprint density at radius 1 is 0.889 bits per heavy atom. The van der Waals surface area contributed by atoms with Crippen LogP contribution in [0.1, 0.15) is 15.9 Å². The average molecular weight is 397 g/mol. The molecule has 0 aliphatic carbocycles. The van der Waals surface area contributed by atoms with E-state index < -0.39 is 6.03 Å². The zero-order chi connectivity index (χ0) is 19.2. The van der Waals surface area contributed by atoms with Crippen LogP contribution in [0, 0.1) is 0 Å². The van der Waals surface area contributed by atoms with Crippen LogP contribution in [0.3, 0.4) is 0 Å². The first-order valence-electron chi connectivity index (χ1n) is 8.18. The van der Waals surface area contributed by atoms with Crippen LogP contribution in [0.4, 0.5) is 16.2 Å². The highest BCUT2D eigenvalue weighted by Gasteiger charge is 2.16. The summed E-state index contributed by atoms with van der Waals surface area (Å²) in [6.45, 7) is 0. The summed E-state index contributed by atoms with van der Waals surface area (Å²) < 4.78 is 0. The van der Waals surface area contributed by atoms with E-state index in [0.29, 0.717) is 27.5 Å². The molecule has 0 saturated heterocycles. The zero-order valence-electron chi connectivity index (χ0n) is 14.5. The number of nitrogens with one attached hydrogen (secondary N) is 2. The number of anilines is 2. The number of benzene rings is 3. The maximum atomic E-state index is 12.8. The van der Waals surface area contributed by atoms with Gasteiger partial charge in [0.15, 0.2) is 5.78 Å². The fourth-order valence-electron chi connectivity index (χ4n) is 2.52. The van der Waals surface area contributed by atoms with Gasteiger partial charge in [-0.25, -0.2) is 4.79 Å². The van der Waals surface area contributed by atoms with Crippen LogP contribution in [-0.2, 0) is 0 Å². The Hall–Kier alpha value is -2.76. The molecule has 0 aliphatic rings. The minimum absolute atomic E-state index is 0.210. The Balaban J connectivity index is 1.80. The highest BCUT2D eigenvalue weighted by Crippen LogP contribution is 2.24.